The number of rotatable bonds is 6. The maximum atomic E-state index is 10.4. The average molecular weight is 220 g/mol. The van der Waals surface area contributed by atoms with Gasteiger partial charge in [0.25, 0.3) is 0 Å². The van der Waals surface area contributed by atoms with Crippen LogP contribution in [-0.4, -0.2) is 17.7 Å². The Balaban J connectivity index is 2.71. The summed E-state index contributed by atoms with van der Waals surface area (Å²) in [6, 6.07) is 7.41. The third-order valence-corrected chi connectivity index (χ3v) is 2.08. The van der Waals surface area contributed by atoms with Gasteiger partial charge in [0.2, 0.25) is 0 Å². The van der Waals surface area contributed by atoms with Crippen molar-refractivity contribution in [2.45, 2.75) is 19.8 Å². The van der Waals surface area contributed by atoms with Gasteiger partial charge in [-0.25, -0.2) is 4.79 Å². The number of aliphatic carboxylic acids is 1. The average Bonchev–Trinajstić information content (AvgIpc) is 2.28. The maximum absolute atomic E-state index is 10.4. The highest BCUT2D eigenvalue weighted by Gasteiger charge is 1.99. The molecular formula is C13H16O3. The smallest absolute Gasteiger partial charge is 0.328 e. The lowest BCUT2D eigenvalue weighted by Gasteiger charge is -2.07. The lowest BCUT2D eigenvalue weighted by molar-refractivity contribution is -0.131. The molecule has 1 N–H and O–H groups in total. The quantitative estimate of drug-likeness (QED) is 0.592. The van der Waals surface area contributed by atoms with Crippen LogP contribution in [0.15, 0.2) is 30.3 Å². The molecule has 0 fully saturated rings. The highest BCUT2D eigenvalue weighted by Crippen LogP contribution is 2.19. The summed E-state index contributed by atoms with van der Waals surface area (Å²) in [5.74, 6) is -0.225. The van der Waals surface area contributed by atoms with Crippen molar-refractivity contribution in [3.63, 3.8) is 0 Å². The van der Waals surface area contributed by atoms with E-state index in [1.54, 1.807) is 6.08 Å². The molecule has 0 atom stereocenters. The molecular weight excluding hydrogens is 204 g/mol. The van der Waals surface area contributed by atoms with E-state index in [1.165, 1.54) is 0 Å². The van der Waals surface area contributed by atoms with E-state index in [1.807, 2.05) is 24.3 Å². The van der Waals surface area contributed by atoms with Crippen LogP contribution < -0.4 is 4.74 Å². The summed E-state index contributed by atoms with van der Waals surface area (Å²) in [5, 5.41) is 8.55. The second kappa shape index (κ2) is 6.67. The predicted molar refractivity (Wildman–Crippen MR) is 63.5 cm³/mol. The fourth-order valence-electron chi connectivity index (χ4n) is 1.24. The molecule has 0 saturated carbocycles. The van der Waals surface area contributed by atoms with E-state index in [9.17, 15) is 4.79 Å². The Kier molecular flexibility index (Phi) is 5.12. The molecule has 16 heavy (non-hydrogen) atoms. The van der Waals surface area contributed by atoms with Gasteiger partial charge in [-0.05, 0) is 18.6 Å². The molecule has 86 valence electrons. The SMILES string of the molecule is CCCCOc1ccccc1/C=C/C(=O)O. The van der Waals surface area contributed by atoms with Crippen LogP contribution in [0, 0.1) is 0 Å². The minimum Gasteiger partial charge on any atom is -0.493 e. The van der Waals surface area contributed by atoms with Gasteiger partial charge in [0, 0.05) is 11.6 Å². The van der Waals surface area contributed by atoms with Crippen LogP contribution in [0.2, 0.25) is 0 Å². The van der Waals surface area contributed by atoms with Crippen molar-refractivity contribution >= 4 is 12.0 Å². The van der Waals surface area contributed by atoms with E-state index >= 15 is 0 Å². The van der Waals surface area contributed by atoms with Gasteiger partial charge in [-0.2, -0.15) is 0 Å². The number of hydrogen-bond donors (Lipinski definition) is 1. The zero-order valence-corrected chi connectivity index (χ0v) is 9.35. The Morgan fingerprint density at radius 1 is 1.44 bits per heavy atom. The second-order valence-corrected chi connectivity index (χ2v) is 3.41. The van der Waals surface area contributed by atoms with Crippen molar-refractivity contribution < 1.29 is 14.6 Å². The maximum Gasteiger partial charge on any atom is 0.328 e. The van der Waals surface area contributed by atoms with Gasteiger partial charge in [-0.3, -0.25) is 0 Å². The molecule has 0 aliphatic heterocycles. The number of benzene rings is 1. The van der Waals surface area contributed by atoms with Crippen molar-refractivity contribution in [3.05, 3.63) is 35.9 Å². The molecule has 1 rings (SSSR count). The van der Waals surface area contributed by atoms with Crippen LogP contribution >= 0.6 is 0 Å². The van der Waals surface area contributed by atoms with Gasteiger partial charge in [-0.1, -0.05) is 31.5 Å². The number of ether oxygens (including phenoxy) is 1. The van der Waals surface area contributed by atoms with E-state index < -0.39 is 5.97 Å². The van der Waals surface area contributed by atoms with Crippen molar-refractivity contribution in [1.29, 1.82) is 0 Å². The Hall–Kier alpha value is -1.77. The van der Waals surface area contributed by atoms with Crippen molar-refractivity contribution in [3.8, 4) is 5.75 Å². The third-order valence-electron chi connectivity index (χ3n) is 2.08. The molecule has 0 saturated heterocycles. The van der Waals surface area contributed by atoms with Crippen LogP contribution in [0.1, 0.15) is 25.3 Å². The van der Waals surface area contributed by atoms with Gasteiger partial charge in [0.1, 0.15) is 5.75 Å². The Morgan fingerprint density at radius 3 is 2.88 bits per heavy atom. The monoisotopic (exact) mass is 220 g/mol. The number of unbranched alkanes of at least 4 members (excludes halogenated alkanes) is 1. The molecule has 3 nitrogen and oxygen atoms in total. The van der Waals surface area contributed by atoms with Crippen LogP contribution in [0.25, 0.3) is 6.08 Å². The lowest BCUT2D eigenvalue weighted by atomic mass is 10.2. The fraction of sp³-hybridized carbons (Fsp3) is 0.308. The number of hydrogen-bond acceptors (Lipinski definition) is 2. The normalized spacial score (nSPS) is 10.6. The lowest BCUT2D eigenvalue weighted by Crippen LogP contribution is -1.98. The first-order chi connectivity index (χ1) is 7.74. The molecule has 0 amide bonds. The number of carboxylic acid groups (broad SMARTS) is 1. The predicted octanol–water partition coefficient (Wildman–Crippen LogP) is 2.96. The summed E-state index contributed by atoms with van der Waals surface area (Å²) >= 11 is 0. The largest absolute Gasteiger partial charge is 0.493 e. The molecule has 3 heteroatoms. The molecule has 0 aliphatic rings. The molecule has 0 unspecified atom stereocenters. The Bertz CT molecular complexity index is 369. The van der Waals surface area contributed by atoms with Gasteiger partial charge >= 0.3 is 5.97 Å². The fourth-order valence-corrected chi connectivity index (χ4v) is 1.24. The standard InChI is InChI=1S/C13H16O3/c1-2-3-10-16-12-7-5-4-6-11(12)8-9-13(14)15/h4-9H,2-3,10H2,1H3,(H,14,15)/b9-8+. The van der Waals surface area contributed by atoms with Crippen molar-refractivity contribution in [2.75, 3.05) is 6.61 Å². The van der Waals surface area contributed by atoms with Gasteiger partial charge < -0.3 is 9.84 Å². The molecule has 0 spiro atoms. The minimum absolute atomic E-state index is 0.661. The molecule has 0 bridgehead atoms. The van der Waals surface area contributed by atoms with Crippen LogP contribution in [0.4, 0.5) is 0 Å². The molecule has 1 aromatic rings. The number of carboxylic acids is 1. The number of para-hydroxylation sites is 1. The first kappa shape index (κ1) is 12.3. The molecule has 0 heterocycles. The van der Waals surface area contributed by atoms with E-state index in [4.69, 9.17) is 9.84 Å². The Labute approximate surface area is 95.4 Å². The molecule has 0 radical (unpaired) electrons. The summed E-state index contributed by atoms with van der Waals surface area (Å²) in [4.78, 5) is 10.4. The van der Waals surface area contributed by atoms with Crippen molar-refractivity contribution in [1.82, 2.24) is 0 Å². The highest BCUT2D eigenvalue weighted by atomic mass is 16.5. The first-order valence-corrected chi connectivity index (χ1v) is 5.37. The molecule has 0 aliphatic carbocycles. The van der Waals surface area contributed by atoms with Gasteiger partial charge in [-0.15, -0.1) is 0 Å². The van der Waals surface area contributed by atoms with E-state index in [2.05, 4.69) is 6.92 Å². The topological polar surface area (TPSA) is 46.5 Å². The summed E-state index contributed by atoms with van der Waals surface area (Å²) in [6.07, 6.45) is 4.73. The van der Waals surface area contributed by atoms with E-state index in [0.29, 0.717) is 6.61 Å². The van der Waals surface area contributed by atoms with Crippen molar-refractivity contribution in [2.24, 2.45) is 0 Å². The van der Waals surface area contributed by atoms with E-state index in [-0.39, 0.29) is 0 Å². The summed E-state index contributed by atoms with van der Waals surface area (Å²) in [6.45, 7) is 2.76. The summed E-state index contributed by atoms with van der Waals surface area (Å²) in [5.41, 5.74) is 0.793. The summed E-state index contributed by atoms with van der Waals surface area (Å²) < 4.78 is 5.57. The molecule has 1 aromatic carbocycles. The molecule has 0 aromatic heterocycles. The van der Waals surface area contributed by atoms with Crippen LogP contribution in [0.5, 0.6) is 5.75 Å². The summed E-state index contributed by atoms with van der Waals surface area (Å²) in [7, 11) is 0. The number of carbonyl (C=O) groups is 1. The Morgan fingerprint density at radius 2 is 2.19 bits per heavy atom. The highest BCUT2D eigenvalue weighted by molar-refractivity contribution is 5.85. The zero-order chi connectivity index (χ0) is 11.8. The second-order valence-electron chi connectivity index (χ2n) is 3.41. The first-order valence-electron chi connectivity index (χ1n) is 5.37. The zero-order valence-electron chi connectivity index (χ0n) is 9.35. The van der Waals surface area contributed by atoms with Crippen LogP contribution in [0.3, 0.4) is 0 Å². The minimum atomic E-state index is -0.955. The van der Waals surface area contributed by atoms with E-state index in [0.717, 1.165) is 30.2 Å². The van der Waals surface area contributed by atoms with Gasteiger partial charge in [0.05, 0.1) is 6.61 Å². The van der Waals surface area contributed by atoms with Crippen LogP contribution in [-0.2, 0) is 4.79 Å². The van der Waals surface area contributed by atoms with Gasteiger partial charge in [0.15, 0.2) is 0 Å². The third kappa shape index (κ3) is 4.17.